The molecule has 0 bridgehead atoms. The molecule has 0 radical (unpaired) electrons. The first-order valence-electron chi connectivity index (χ1n) is 40.9. The third-order valence-electron chi connectivity index (χ3n) is 23.6. The Balaban J connectivity index is 0.000000144. The van der Waals surface area contributed by atoms with E-state index in [4.69, 9.17) is 15.0 Å². The first-order chi connectivity index (χ1) is 56.5. The maximum absolute atomic E-state index is 14.4. The molecule has 20 nitrogen and oxygen atoms in total. The summed E-state index contributed by atoms with van der Waals surface area (Å²) in [5.41, 5.74) is 43.2. The number of hydrogen-bond donors (Lipinski definition) is 1. The zero-order valence-electron chi connectivity index (χ0n) is 69.3. The van der Waals surface area contributed by atoms with Crippen molar-refractivity contribution in [2.24, 2.45) is 10.2 Å². The summed E-state index contributed by atoms with van der Waals surface area (Å²) in [6.45, 7) is 26.9. The van der Waals surface area contributed by atoms with Crippen LogP contribution < -0.4 is 0 Å². The number of aliphatic hydroxyl groups is 1. The van der Waals surface area contributed by atoms with Gasteiger partial charge in [-0.05, 0) is 236 Å². The molecule has 1 N–H and O–H groups in total. The summed E-state index contributed by atoms with van der Waals surface area (Å²) in [5.74, 6) is -1.34. The molecule has 23 heteroatoms. The van der Waals surface area contributed by atoms with E-state index >= 15 is 0 Å². The lowest BCUT2D eigenvalue weighted by molar-refractivity contribution is -0.118. The number of rotatable bonds is 22. The normalized spacial score (nSPS) is 15.4. The van der Waals surface area contributed by atoms with E-state index in [-0.39, 0.29) is 48.6 Å². The number of aromatic nitrogens is 6. The molecule has 0 spiro atoms. The van der Waals surface area contributed by atoms with Crippen molar-refractivity contribution in [1.29, 1.82) is 0 Å². The summed E-state index contributed by atoms with van der Waals surface area (Å²) in [6, 6.07) is 43.3. The highest BCUT2D eigenvalue weighted by atomic mass is 19.1. The van der Waals surface area contributed by atoms with Crippen LogP contribution in [0.5, 0.6) is 0 Å². The molecule has 12 aromatic rings. The molecule has 4 aliphatic rings. The first-order valence-corrected chi connectivity index (χ1v) is 40.9. The van der Waals surface area contributed by atoms with E-state index in [0.717, 1.165) is 138 Å². The number of benzene rings is 6. The number of pyridine rings is 2. The van der Waals surface area contributed by atoms with Gasteiger partial charge in [0, 0.05) is 204 Å². The van der Waals surface area contributed by atoms with Gasteiger partial charge in [-0.15, -0.1) is 0 Å². The van der Waals surface area contributed by atoms with Gasteiger partial charge in [0.15, 0.2) is 0 Å². The van der Waals surface area contributed by atoms with Gasteiger partial charge in [0.1, 0.15) is 35.4 Å². The maximum Gasteiger partial charge on any atom is 0.132 e. The van der Waals surface area contributed by atoms with E-state index in [1.54, 1.807) is 31.5 Å². The van der Waals surface area contributed by atoms with Crippen LogP contribution in [0.15, 0.2) is 181 Å². The monoisotopic (exact) mass is 1600 g/mol. The van der Waals surface area contributed by atoms with Gasteiger partial charge < -0.3 is 52.4 Å². The molecule has 0 fully saturated rings. The summed E-state index contributed by atoms with van der Waals surface area (Å²) in [4.78, 5) is 35.5. The van der Waals surface area contributed by atoms with Crippen molar-refractivity contribution < 1.29 is 32.5 Å². The molecule has 4 atom stereocenters. The standard InChI is InChI=1S/C26H31FN2O2.C24H29N3O2.C22H23F2N5.C22H26N6.CH4/c1-18-4-9-24-23(16-18)22-10-13-28(3)14-11-25(22)29(24)17-26(31-15-12-19(2)30)20-5-7-21(27)8-6-20;1-17-4-5-22-21(14-17)20-8-12-26(3)15-23(20)27(22)16-24(29-13-9-18(2)28)19-6-10-25-11-7-19;1-14-3-6-21-18(11-14)16-7-9-28(2)10-8-22(16)29(21)13-20(26-27-25)17-5-4-15(23)12-19(17)24;1-15-4-7-21-19(12-15)18-8-10-27(3)11-9-22(18)28(21)14-20(25-26-23)17-6-5-16(2)24-13-17;/h4-9,16,26H,10-15,17H2,1-3H3;4-7,10-11,14,24,28H,2,8-9,12-13,15-16H2,1,3H3;3-6,11-12,20H,7-10,13H2,1-2H3;4-7,12-13,20H,8-11,14H2,1-3H3;1H4. The summed E-state index contributed by atoms with van der Waals surface area (Å²) in [7, 11) is 8.65. The lowest BCUT2D eigenvalue weighted by atomic mass is 10.0. The van der Waals surface area contributed by atoms with Gasteiger partial charge in [0.25, 0.3) is 0 Å². The predicted molar refractivity (Wildman–Crippen MR) is 467 cm³/mol. The molecule has 6 aromatic carbocycles. The van der Waals surface area contributed by atoms with Crippen LogP contribution in [-0.2, 0) is 91.9 Å². The Morgan fingerprint density at radius 3 is 1.31 bits per heavy atom. The average molecular weight is 1600 g/mol. The molecule has 0 saturated heterocycles. The Morgan fingerprint density at radius 1 is 0.483 bits per heavy atom. The third-order valence-corrected chi connectivity index (χ3v) is 23.6. The Hall–Kier alpha value is -10.8. The van der Waals surface area contributed by atoms with Gasteiger partial charge >= 0.3 is 0 Å². The van der Waals surface area contributed by atoms with Gasteiger partial charge in [-0.2, -0.15) is 0 Å². The molecule has 10 heterocycles. The number of nitrogens with zero attached hydrogens (tertiary/aromatic N) is 16. The van der Waals surface area contributed by atoms with Crippen molar-refractivity contribution in [2.75, 3.05) is 87.2 Å². The fourth-order valence-electron chi connectivity index (χ4n) is 17.2. The van der Waals surface area contributed by atoms with E-state index in [1.165, 1.54) is 130 Å². The molecule has 4 unspecified atom stereocenters. The van der Waals surface area contributed by atoms with Gasteiger partial charge in [-0.25, -0.2) is 13.2 Å². The Morgan fingerprint density at radius 2 is 0.873 bits per heavy atom. The van der Waals surface area contributed by atoms with Crippen molar-refractivity contribution in [2.45, 2.75) is 164 Å². The highest BCUT2D eigenvalue weighted by Crippen LogP contribution is 2.39. The number of hydrogen-bond acceptors (Lipinski definition) is 12. The van der Waals surface area contributed by atoms with E-state index in [1.807, 2.05) is 37.4 Å². The number of azide groups is 2. The van der Waals surface area contributed by atoms with E-state index in [0.29, 0.717) is 45.7 Å². The lowest BCUT2D eigenvalue weighted by Crippen LogP contribution is -2.28. The number of fused-ring (bicyclic) bond motifs is 12. The van der Waals surface area contributed by atoms with Crippen LogP contribution in [0.3, 0.4) is 0 Å². The number of likely N-dealkylation sites (N-methyl/N-ethyl adjacent to an activating group) is 4. The molecule has 4 aliphatic heterocycles. The quantitative estimate of drug-likeness (QED) is 0.0293. The van der Waals surface area contributed by atoms with E-state index < -0.39 is 17.7 Å². The van der Waals surface area contributed by atoms with Crippen molar-refractivity contribution in [3.63, 3.8) is 0 Å². The van der Waals surface area contributed by atoms with Crippen LogP contribution in [0.4, 0.5) is 13.2 Å². The molecule has 0 saturated carbocycles. The number of Topliss-reactive ketones (excluding diaryl/α,β-unsaturated/α-hetero) is 1. The van der Waals surface area contributed by atoms with Crippen LogP contribution >= 0.6 is 0 Å². The topological polar surface area (TPSA) is 212 Å². The number of carbonyl (C=O) groups excluding carboxylic acids is 1. The van der Waals surface area contributed by atoms with Crippen LogP contribution in [0.1, 0.15) is 147 Å². The highest BCUT2D eigenvalue weighted by Gasteiger charge is 2.30. The SMILES string of the molecule is C.C=C(O)CCOC(Cn1c2c(c3cc(C)ccc31)CCN(C)C2)c1ccncc1.CC(=O)CCOC(Cn1c2c(c3cc(C)ccc31)CCN(C)CC2)c1ccc(F)cc1.Cc1ccc2c(c1)c1c(n2CC(N=[N+]=[N-])c2ccc(C)nc2)CCN(C)CC1.Cc1ccc2c(c1)c1c(n2CC(N=[N+]=[N-])c2ccc(F)cc2F)CCN(C)CC1. The van der Waals surface area contributed by atoms with Crippen molar-refractivity contribution >= 4 is 49.4 Å². The van der Waals surface area contributed by atoms with Crippen molar-refractivity contribution in [3.8, 4) is 0 Å². The van der Waals surface area contributed by atoms with Crippen molar-refractivity contribution in [3.05, 3.63) is 304 Å². The minimum absolute atomic E-state index is 0. The Kier molecular flexibility index (Phi) is 29.0. The number of ether oxygens (including phenoxy) is 2. The maximum atomic E-state index is 14.4. The molecule has 6 aromatic heterocycles. The number of carbonyl (C=O) groups is 1. The smallest absolute Gasteiger partial charge is 0.132 e. The minimum atomic E-state index is -0.761. The number of halogens is 3. The zero-order valence-corrected chi connectivity index (χ0v) is 69.3. The molecule has 0 amide bonds. The predicted octanol–water partition coefficient (Wildman–Crippen LogP) is 20.1. The number of ketones is 1. The second-order valence-electron chi connectivity index (χ2n) is 32.3. The molecule has 16 rings (SSSR count). The van der Waals surface area contributed by atoms with Crippen LogP contribution in [0.25, 0.3) is 64.5 Å². The third kappa shape index (κ3) is 20.6. The van der Waals surface area contributed by atoms with Crippen LogP contribution in [-0.4, -0.2) is 146 Å². The van der Waals surface area contributed by atoms with Crippen molar-refractivity contribution in [1.82, 2.24) is 47.8 Å². The summed E-state index contributed by atoms with van der Waals surface area (Å²) in [5, 5.41) is 22.7. The lowest BCUT2D eigenvalue weighted by Gasteiger charge is -2.26. The summed E-state index contributed by atoms with van der Waals surface area (Å²) < 4.78 is 63.1. The molecule has 618 valence electrons. The first kappa shape index (κ1) is 86.5. The van der Waals surface area contributed by atoms with Gasteiger partial charge in [0.2, 0.25) is 0 Å². The minimum Gasteiger partial charge on any atom is -0.513 e. The Labute approximate surface area is 691 Å². The second kappa shape index (κ2) is 39.6. The molecular weight excluding hydrogens is 1490 g/mol. The molecular formula is C95H113F3N16O4. The fourth-order valence-corrected chi connectivity index (χ4v) is 17.2. The molecule has 0 aliphatic carbocycles. The number of aryl methyl sites for hydroxylation is 5. The zero-order chi connectivity index (χ0) is 82.6. The Bertz CT molecular complexity index is 5620. The number of aliphatic hydroxyl groups excluding tert-OH is 1. The fraction of sp³-hybridized carbons (Fsp3) is 0.400. The molecule has 118 heavy (non-hydrogen) atoms. The van der Waals surface area contributed by atoms with Gasteiger partial charge in [0.05, 0.1) is 44.1 Å². The van der Waals surface area contributed by atoms with E-state index in [9.17, 15) is 28.6 Å². The van der Waals surface area contributed by atoms with E-state index in [2.05, 4.69) is 203 Å². The largest absolute Gasteiger partial charge is 0.513 e. The summed E-state index contributed by atoms with van der Waals surface area (Å²) >= 11 is 0. The second-order valence-corrected chi connectivity index (χ2v) is 32.3. The van der Waals surface area contributed by atoms with Crippen LogP contribution in [0, 0.1) is 52.1 Å². The highest BCUT2D eigenvalue weighted by molar-refractivity contribution is 5.89. The van der Waals surface area contributed by atoms with Crippen LogP contribution in [0.2, 0.25) is 0 Å². The average Bonchev–Trinajstić information content (AvgIpc) is 1.95. The van der Waals surface area contributed by atoms with Gasteiger partial charge in [-0.1, -0.05) is 95.0 Å². The summed E-state index contributed by atoms with van der Waals surface area (Å²) in [6.07, 6.45) is 12.9. The van der Waals surface area contributed by atoms with Gasteiger partial charge in [-0.3, -0.25) is 14.8 Å².